The molecular weight excluding hydrogens is 288 g/mol. The Bertz CT molecular complexity index is 510. The average Bonchev–Trinajstić information content (AvgIpc) is 2.47. The minimum Gasteiger partial charge on any atom is -0.366 e. The molecule has 1 fully saturated rings. The second kappa shape index (κ2) is 7.43. The number of hydrogen-bond donors (Lipinski definition) is 0. The predicted octanol–water partition coefficient (Wildman–Crippen LogP) is 1.50. The van der Waals surface area contributed by atoms with E-state index in [0.717, 1.165) is 25.3 Å². The van der Waals surface area contributed by atoms with Crippen LogP contribution in [0.3, 0.4) is 0 Å². The first-order valence-electron chi connectivity index (χ1n) is 7.02. The van der Waals surface area contributed by atoms with Crippen LogP contribution in [0, 0.1) is 0 Å². The molecule has 6 heteroatoms. The van der Waals surface area contributed by atoms with Gasteiger partial charge in [0.1, 0.15) is 0 Å². The summed E-state index contributed by atoms with van der Waals surface area (Å²) in [4.78, 5) is 22.2. The van der Waals surface area contributed by atoms with Crippen molar-refractivity contribution in [3.05, 3.63) is 35.6 Å². The number of nitrogens with zero attached hydrogens (tertiary/aromatic N) is 4. The van der Waals surface area contributed by atoms with Crippen LogP contribution in [0.1, 0.15) is 0 Å². The Labute approximate surface area is 130 Å². The van der Waals surface area contributed by atoms with Gasteiger partial charge in [-0.15, -0.1) is 0 Å². The van der Waals surface area contributed by atoms with Crippen molar-refractivity contribution >= 4 is 23.2 Å². The van der Waals surface area contributed by atoms with E-state index in [1.54, 1.807) is 24.5 Å². The Balaban J connectivity index is 1.87. The van der Waals surface area contributed by atoms with Gasteiger partial charge in [-0.3, -0.25) is 9.78 Å². The Hall–Kier alpha value is -1.59. The third kappa shape index (κ3) is 4.44. The van der Waals surface area contributed by atoms with Crippen LogP contribution in [0.25, 0.3) is 0 Å². The Morgan fingerprint density at radius 3 is 2.71 bits per heavy atom. The third-order valence-corrected chi connectivity index (χ3v) is 3.73. The normalized spacial score (nSPS) is 16.0. The van der Waals surface area contributed by atoms with Crippen LogP contribution < -0.4 is 4.90 Å². The van der Waals surface area contributed by atoms with E-state index >= 15 is 0 Å². The van der Waals surface area contributed by atoms with Crippen LogP contribution in [0.2, 0.25) is 5.02 Å². The highest BCUT2D eigenvalue weighted by Gasteiger charge is 2.21. The first-order valence-corrected chi connectivity index (χ1v) is 7.40. The molecule has 5 nitrogen and oxygen atoms in total. The van der Waals surface area contributed by atoms with E-state index in [0.29, 0.717) is 18.1 Å². The highest BCUT2D eigenvalue weighted by molar-refractivity contribution is 6.33. The quantitative estimate of drug-likeness (QED) is 0.790. The molecule has 1 aromatic heterocycles. The zero-order valence-corrected chi connectivity index (χ0v) is 13.3. The minimum atomic E-state index is 0.0776. The fourth-order valence-corrected chi connectivity index (χ4v) is 2.46. The Morgan fingerprint density at radius 1 is 1.38 bits per heavy atom. The Morgan fingerprint density at radius 2 is 2.10 bits per heavy atom. The molecule has 0 aliphatic carbocycles. The number of carbonyl (C=O) groups excluding carboxylic acids is 1. The van der Waals surface area contributed by atoms with E-state index in [4.69, 9.17) is 11.6 Å². The van der Waals surface area contributed by atoms with Gasteiger partial charge < -0.3 is 14.7 Å². The summed E-state index contributed by atoms with van der Waals surface area (Å²) in [5, 5.41) is 0.704. The van der Waals surface area contributed by atoms with Crippen LogP contribution in [0.4, 0.5) is 5.69 Å². The van der Waals surface area contributed by atoms with Gasteiger partial charge in [0.05, 0.1) is 16.9 Å². The van der Waals surface area contributed by atoms with E-state index in [1.807, 2.05) is 30.0 Å². The molecule has 1 aliphatic rings. The number of likely N-dealkylation sites (N-methyl/N-ethyl adjacent to an activating group) is 1. The summed E-state index contributed by atoms with van der Waals surface area (Å²) in [6, 6.07) is 1.79. The molecule has 114 valence electrons. The van der Waals surface area contributed by atoms with Gasteiger partial charge in [0.2, 0.25) is 5.91 Å². The molecule has 0 saturated carbocycles. The predicted molar refractivity (Wildman–Crippen MR) is 85.7 cm³/mol. The maximum Gasteiger partial charge on any atom is 0.246 e. The van der Waals surface area contributed by atoms with E-state index in [2.05, 4.69) is 9.88 Å². The molecule has 0 spiro atoms. The zero-order chi connectivity index (χ0) is 15.2. The lowest BCUT2D eigenvalue weighted by atomic mass is 10.2. The van der Waals surface area contributed by atoms with Gasteiger partial charge in [-0.25, -0.2) is 0 Å². The molecule has 0 atom stereocenters. The molecule has 21 heavy (non-hydrogen) atoms. The second-order valence-electron chi connectivity index (χ2n) is 5.30. The van der Waals surface area contributed by atoms with Crippen molar-refractivity contribution in [3.8, 4) is 0 Å². The number of pyridine rings is 1. The van der Waals surface area contributed by atoms with Crippen LogP contribution in [0.15, 0.2) is 30.6 Å². The van der Waals surface area contributed by atoms with Crippen molar-refractivity contribution in [2.75, 3.05) is 51.7 Å². The number of halogens is 1. The number of aromatic nitrogens is 1. The van der Waals surface area contributed by atoms with E-state index in [-0.39, 0.29) is 5.91 Å². The molecule has 0 bridgehead atoms. The van der Waals surface area contributed by atoms with Crippen LogP contribution in [-0.2, 0) is 4.79 Å². The molecule has 1 saturated heterocycles. The van der Waals surface area contributed by atoms with E-state index < -0.39 is 0 Å². The molecule has 0 radical (unpaired) electrons. The van der Waals surface area contributed by atoms with Gasteiger partial charge in [-0.1, -0.05) is 17.7 Å². The lowest BCUT2D eigenvalue weighted by Crippen LogP contribution is -2.48. The van der Waals surface area contributed by atoms with Crippen LogP contribution >= 0.6 is 11.6 Å². The van der Waals surface area contributed by atoms with Gasteiger partial charge in [0, 0.05) is 45.0 Å². The molecule has 2 heterocycles. The van der Waals surface area contributed by atoms with Crippen molar-refractivity contribution in [1.29, 1.82) is 0 Å². The van der Waals surface area contributed by atoms with Gasteiger partial charge in [0.25, 0.3) is 0 Å². The summed E-state index contributed by atoms with van der Waals surface area (Å²) in [6.45, 7) is 3.74. The zero-order valence-electron chi connectivity index (χ0n) is 12.5. The fraction of sp³-hybridized carbons (Fsp3) is 0.467. The third-order valence-electron chi connectivity index (χ3n) is 3.41. The van der Waals surface area contributed by atoms with Crippen LogP contribution in [0.5, 0.6) is 0 Å². The monoisotopic (exact) mass is 308 g/mol. The molecule has 0 unspecified atom stereocenters. The van der Waals surface area contributed by atoms with Crippen molar-refractivity contribution < 1.29 is 4.79 Å². The molecule has 1 aromatic rings. The maximum absolute atomic E-state index is 12.1. The number of piperazine rings is 1. The Kier molecular flexibility index (Phi) is 5.59. The van der Waals surface area contributed by atoms with Crippen molar-refractivity contribution in [1.82, 2.24) is 14.8 Å². The first-order chi connectivity index (χ1) is 10.1. The molecule has 2 rings (SSSR count). The molecule has 1 amide bonds. The van der Waals surface area contributed by atoms with Gasteiger partial charge >= 0.3 is 0 Å². The SMILES string of the molecule is CN(C)C/C=C/C(=O)N1CCN(c2cnccc2Cl)CC1. The molecule has 0 aromatic carbocycles. The number of rotatable bonds is 4. The number of hydrogen-bond acceptors (Lipinski definition) is 4. The van der Waals surface area contributed by atoms with Gasteiger partial charge in [-0.05, 0) is 20.2 Å². The highest BCUT2D eigenvalue weighted by Crippen LogP contribution is 2.24. The average molecular weight is 309 g/mol. The van der Waals surface area contributed by atoms with Gasteiger partial charge in [0.15, 0.2) is 0 Å². The maximum atomic E-state index is 12.1. The van der Waals surface area contributed by atoms with E-state index in [9.17, 15) is 4.79 Å². The number of amides is 1. The summed E-state index contributed by atoms with van der Waals surface area (Å²) >= 11 is 6.18. The molecule has 0 N–H and O–H groups in total. The highest BCUT2D eigenvalue weighted by atomic mass is 35.5. The summed E-state index contributed by atoms with van der Waals surface area (Å²) in [7, 11) is 3.95. The standard InChI is InChI=1S/C15H21ClN4O/c1-18(2)7-3-4-15(21)20-10-8-19(9-11-20)14-12-17-6-5-13(14)16/h3-6,12H,7-11H2,1-2H3/b4-3+. The van der Waals surface area contributed by atoms with E-state index in [1.165, 1.54) is 0 Å². The summed E-state index contributed by atoms with van der Waals surface area (Å²) in [6.07, 6.45) is 7.01. The second-order valence-corrected chi connectivity index (χ2v) is 5.71. The van der Waals surface area contributed by atoms with Gasteiger partial charge in [-0.2, -0.15) is 0 Å². The fourth-order valence-electron chi connectivity index (χ4n) is 2.24. The van der Waals surface area contributed by atoms with Crippen molar-refractivity contribution in [2.24, 2.45) is 0 Å². The number of anilines is 1. The number of carbonyl (C=O) groups is 1. The van der Waals surface area contributed by atoms with Crippen LogP contribution in [-0.4, -0.2) is 67.5 Å². The minimum absolute atomic E-state index is 0.0776. The smallest absolute Gasteiger partial charge is 0.246 e. The largest absolute Gasteiger partial charge is 0.366 e. The molecule has 1 aliphatic heterocycles. The summed E-state index contributed by atoms with van der Waals surface area (Å²) in [5.74, 6) is 0.0776. The topological polar surface area (TPSA) is 39.7 Å². The lowest BCUT2D eigenvalue weighted by Gasteiger charge is -2.35. The van der Waals surface area contributed by atoms with Crippen molar-refractivity contribution in [2.45, 2.75) is 0 Å². The lowest BCUT2D eigenvalue weighted by molar-refractivity contribution is -0.126. The first kappa shape index (κ1) is 15.8. The molecular formula is C15H21ClN4O. The summed E-state index contributed by atoms with van der Waals surface area (Å²) in [5.41, 5.74) is 0.939. The summed E-state index contributed by atoms with van der Waals surface area (Å²) < 4.78 is 0. The van der Waals surface area contributed by atoms with Crippen molar-refractivity contribution in [3.63, 3.8) is 0 Å².